The predicted molar refractivity (Wildman–Crippen MR) is 84.2 cm³/mol. The van der Waals surface area contributed by atoms with Gasteiger partial charge in [-0.05, 0) is 38.8 Å². The van der Waals surface area contributed by atoms with Gasteiger partial charge in [0.05, 0.1) is 18.2 Å². The molecule has 0 saturated carbocycles. The molecular weight excluding hydrogens is 264 g/mol. The fourth-order valence-electron chi connectivity index (χ4n) is 2.67. The average molecular weight is 286 g/mol. The third-order valence-corrected chi connectivity index (χ3v) is 3.36. The minimum Gasteiger partial charge on any atom is -0.464 e. The summed E-state index contributed by atoms with van der Waals surface area (Å²) in [6.07, 6.45) is 0. The molecule has 0 fully saturated rings. The average Bonchev–Trinajstić information content (AvgIpc) is 2.37. The number of hydrogen-bond acceptors (Lipinski definition) is 4. The molecule has 1 unspecified atom stereocenters. The molecule has 4 heteroatoms. The molecule has 0 amide bonds. The molecule has 0 spiro atoms. The zero-order valence-corrected chi connectivity index (χ0v) is 13.4. The molecular formula is C17H22N2O2. The van der Waals surface area contributed by atoms with Crippen LogP contribution in [0.5, 0.6) is 0 Å². The molecule has 1 rings (SSSR count). The molecule has 0 saturated heterocycles. The number of aryl methyl sites for hydroxylation is 3. The standard InChI is InChI=1S/C17H22N2O2/c1-7-21-17(20)16(14(5)10-18)19(6)15-12(3)8-11(2)9-13(15)4/h8-9,16H,5,7H2,1-4,6H3. The van der Waals surface area contributed by atoms with Crippen molar-refractivity contribution < 1.29 is 9.53 Å². The van der Waals surface area contributed by atoms with Crippen molar-refractivity contribution in [3.8, 4) is 6.07 Å². The first-order valence-electron chi connectivity index (χ1n) is 6.89. The van der Waals surface area contributed by atoms with Crippen LogP contribution < -0.4 is 4.90 Å². The molecule has 1 aromatic carbocycles. The van der Waals surface area contributed by atoms with E-state index >= 15 is 0 Å². The number of carbonyl (C=O) groups is 1. The van der Waals surface area contributed by atoms with E-state index < -0.39 is 12.0 Å². The topological polar surface area (TPSA) is 53.3 Å². The van der Waals surface area contributed by atoms with E-state index in [-0.39, 0.29) is 12.2 Å². The number of anilines is 1. The lowest BCUT2D eigenvalue weighted by molar-refractivity contribution is -0.143. The summed E-state index contributed by atoms with van der Waals surface area (Å²) in [6, 6.07) is 5.28. The Morgan fingerprint density at radius 2 is 1.90 bits per heavy atom. The van der Waals surface area contributed by atoms with E-state index in [9.17, 15) is 4.79 Å². The normalized spacial score (nSPS) is 11.4. The number of ether oxygens (including phenoxy) is 1. The van der Waals surface area contributed by atoms with Crippen molar-refractivity contribution in [3.63, 3.8) is 0 Å². The van der Waals surface area contributed by atoms with Crippen molar-refractivity contribution in [1.29, 1.82) is 5.26 Å². The third kappa shape index (κ3) is 3.63. The van der Waals surface area contributed by atoms with E-state index in [4.69, 9.17) is 10.00 Å². The zero-order valence-electron chi connectivity index (χ0n) is 13.4. The number of nitriles is 1. The summed E-state index contributed by atoms with van der Waals surface area (Å²) in [5.41, 5.74) is 4.37. The van der Waals surface area contributed by atoms with Gasteiger partial charge >= 0.3 is 5.97 Å². The summed E-state index contributed by atoms with van der Waals surface area (Å²) in [4.78, 5) is 13.9. The molecule has 0 heterocycles. The lowest BCUT2D eigenvalue weighted by Crippen LogP contribution is -2.41. The molecule has 112 valence electrons. The quantitative estimate of drug-likeness (QED) is 0.616. The van der Waals surface area contributed by atoms with Gasteiger partial charge in [0.1, 0.15) is 0 Å². The van der Waals surface area contributed by atoms with Gasteiger partial charge in [0, 0.05) is 12.7 Å². The summed E-state index contributed by atoms with van der Waals surface area (Å²) in [5, 5.41) is 9.12. The highest BCUT2D eigenvalue weighted by Crippen LogP contribution is 2.28. The molecule has 1 atom stereocenters. The van der Waals surface area contributed by atoms with Crippen molar-refractivity contribution in [2.45, 2.75) is 33.7 Å². The van der Waals surface area contributed by atoms with Gasteiger partial charge in [-0.1, -0.05) is 24.3 Å². The first-order valence-corrected chi connectivity index (χ1v) is 6.89. The van der Waals surface area contributed by atoms with Gasteiger partial charge in [0.2, 0.25) is 0 Å². The molecule has 4 nitrogen and oxygen atoms in total. The fourth-order valence-corrected chi connectivity index (χ4v) is 2.67. The Morgan fingerprint density at radius 3 is 2.33 bits per heavy atom. The molecule has 0 bridgehead atoms. The van der Waals surface area contributed by atoms with Crippen LogP contribution in [0.4, 0.5) is 5.69 Å². The summed E-state index contributed by atoms with van der Waals surface area (Å²) >= 11 is 0. The molecule has 1 aromatic rings. The second-order valence-corrected chi connectivity index (χ2v) is 5.15. The minimum absolute atomic E-state index is 0.176. The van der Waals surface area contributed by atoms with Crippen LogP contribution in [0.25, 0.3) is 0 Å². The molecule has 0 aromatic heterocycles. The van der Waals surface area contributed by atoms with Gasteiger partial charge in [-0.3, -0.25) is 0 Å². The summed E-state index contributed by atoms with van der Waals surface area (Å²) in [5.74, 6) is -0.453. The predicted octanol–water partition coefficient (Wildman–Crippen LogP) is 3.06. The number of nitrogens with zero attached hydrogens (tertiary/aromatic N) is 2. The van der Waals surface area contributed by atoms with Crippen LogP contribution >= 0.6 is 0 Å². The Bertz CT molecular complexity index is 576. The van der Waals surface area contributed by atoms with Crippen LogP contribution in [0.3, 0.4) is 0 Å². The Kier molecular flexibility index (Phi) is 5.54. The lowest BCUT2D eigenvalue weighted by Gasteiger charge is -2.30. The van der Waals surface area contributed by atoms with Gasteiger partial charge in [-0.25, -0.2) is 4.79 Å². The molecule has 0 aliphatic heterocycles. The third-order valence-electron chi connectivity index (χ3n) is 3.36. The number of benzene rings is 1. The fraction of sp³-hybridized carbons (Fsp3) is 0.412. The van der Waals surface area contributed by atoms with Crippen LogP contribution in [-0.2, 0) is 9.53 Å². The maximum Gasteiger partial charge on any atom is 0.334 e. The summed E-state index contributed by atoms with van der Waals surface area (Å²) in [6.45, 7) is 11.7. The molecule has 0 radical (unpaired) electrons. The van der Waals surface area contributed by atoms with Gasteiger partial charge in [-0.15, -0.1) is 0 Å². The zero-order chi connectivity index (χ0) is 16.2. The second-order valence-electron chi connectivity index (χ2n) is 5.15. The van der Waals surface area contributed by atoms with Gasteiger partial charge < -0.3 is 9.64 Å². The lowest BCUT2D eigenvalue weighted by atomic mass is 10.0. The van der Waals surface area contributed by atoms with Crippen LogP contribution in [-0.4, -0.2) is 25.7 Å². The highest BCUT2D eigenvalue weighted by atomic mass is 16.5. The van der Waals surface area contributed by atoms with E-state index in [1.165, 1.54) is 0 Å². The highest BCUT2D eigenvalue weighted by Gasteiger charge is 2.29. The summed E-state index contributed by atoms with van der Waals surface area (Å²) in [7, 11) is 1.79. The van der Waals surface area contributed by atoms with E-state index in [2.05, 4.69) is 18.7 Å². The number of likely N-dealkylation sites (N-methyl/N-ethyl adjacent to an activating group) is 1. The maximum absolute atomic E-state index is 12.2. The van der Waals surface area contributed by atoms with Gasteiger partial charge in [-0.2, -0.15) is 5.26 Å². The van der Waals surface area contributed by atoms with Gasteiger partial charge in [0.25, 0.3) is 0 Å². The largest absolute Gasteiger partial charge is 0.464 e. The Balaban J connectivity index is 3.30. The van der Waals surface area contributed by atoms with E-state index in [1.807, 2.05) is 26.8 Å². The van der Waals surface area contributed by atoms with Crippen LogP contribution in [0, 0.1) is 32.1 Å². The van der Waals surface area contributed by atoms with Gasteiger partial charge in [0.15, 0.2) is 6.04 Å². The Morgan fingerprint density at radius 1 is 1.38 bits per heavy atom. The van der Waals surface area contributed by atoms with E-state index in [0.29, 0.717) is 0 Å². The van der Waals surface area contributed by atoms with E-state index in [0.717, 1.165) is 22.4 Å². The van der Waals surface area contributed by atoms with E-state index in [1.54, 1.807) is 18.9 Å². The second kappa shape index (κ2) is 6.94. The molecule has 0 N–H and O–H groups in total. The summed E-state index contributed by atoms with van der Waals surface area (Å²) < 4.78 is 5.08. The monoisotopic (exact) mass is 286 g/mol. The number of hydrogen-bond donors (Lipinski definition) is 0. The molecule has 0 aliphatic carbocycles. The van der Waals surface area contributed by atoms with Crippen molar-refractivity contribution in [2.75, 3.05) is 18.6 Å². The smallest absolute Gasteiger partial charge is 0.334 e. The number of esters is 1. The minimum atomic E-state index is -0.796. The number of carbonyl (C=O) groups excluding carboxylic acids is 1. The molecule has 21 heavy (non-hydrogen) atoms. The van der Waals surface area contributed by atoms with Crippen molar-refractivity contribution in [2.24, 2.45) is 0 Å². The van der Waals surface area contributed by atoms with Crippen molar-refractivity contribution in [1.82, 2.24) is 0 Å². The SMILES string of the molecule is C=C(C#N)C(C(=O)OCC)N(C)c1c(C)cc(C)cc1C. The highest BCUT2D eigenvalue weighted by molar-refractivity contribution is 5.85. The van der Waals surface area contributed by atoms with Crippen LogP contribution in [0.1, 0.15) is 23.6 Å². The maximum atomic E-state index is 12.2. The first kappa shape index (κ1) is 16.8. The Labute approximate surface area is 126 Å². The number of rotatable bonds is 5. The first-order chi connectivity index (χ1) is 9.83. The van der Waals surface area contributed by atoms with Crippen LogP contribution in [0.15, 0.2) is 24.3 Å². The molecule has 0 aliphatic rings. The van der Waals surface area contributed by atoms with Crippen molar-refractivity contribution in [3.05, 3.63) is 41.0 Å². The van der Waals surface area contributed by atoms with Crippen LogP contribution in [0.2, 0.25) is 0 Å². The Hall–Kier alpha value is -2.28. The van der Waals surface area contributed by atoms with Crippen molar-refractivity contribution >= 4 is 11.7 Å².